The Morgan fingerprint density at radius 3 is 2.59 bits per heavy atom. The first-order chi connectivity index (χ1) is 17.6. The van der Waals surface area contributed by atoms with Crippen LogP contribution in [0.5, 0.6) is 17.2 Å². The first-order valence-electron chi connectivity index (χ1n) is 11.7. The van der Waals surface area contributed by atoms with Crippen molar-refractivity contribution >= 4 is 22.5 Å². The van der Waals surface area contributed by atoms with E-state index in [0.717, 1.165) is 18.1 Å². The topological polar surface area (TPSA) is 76.4 Å². The molecule has 0 aliphatic rings. The van der Waals surface area contributed by atoms with E-state index in [1.807, 2.05) is 19.9 Å². The highest BCUT2D eigenvalue weighted by Crippen LogP contribution is 2.35. The van der Waals surface area contributed by atoms with Crippen molar-refractivity contribution in [2.45, 2.75) is 39.3 Å². The number of ketones is 1. The van der Waals surface area contributed by atoms with Crippen molar-refractivity contribution in [1.82, 2.24) is 9.55 Å². The number of hydrogen-bond donors (Lipinski definition) is 2. The summed E-state index contributed by atoms with van der Waals surface area (Å²) in [4.78, 5) is 16.8. The van der Waals surface area contributed by atoms with Gasteiger partial charge in [0.05, 0.1) is 17.6 Å². The van der Waals surface area contributed by atoms with Crippen LogP contribution in [0.3, 0.4) is 0 Å². The summed E-state index contributed by atoms with van der Waals surface area (Å²) in [7, 11) is 0. The summed E-state index contributed by atoms with van der Waals surface area (Å²) in [6, 6.07) is 11.8. The lowest BCUT2D eigenvalue weighted by Gasteiger charge is -2.14. The van der Waals surface area contributed by atoms with Crippen LogP contribution in [0.2, 0.25) is 0 Å². The molecule has 0 amide bonds. The molecule has 6 nitrogen and oxygen atoms in total. The Morgan fingerprint density at radius 1 is 1.14 bits per heavy atom. The number of nitrogens with one attached hydrogen (secondary N) is 1. The molecule has 1 aromatic heterocycles. The minimum absolute atomic E-state index is 0.0461. The second-order valence-corrected chi connectivity index (χ2v) is 8.63. The van der Waals surface area contributed by atoms with Crippen LogP contribution in [0.15, 0.2) is 54.9 Å². The molecule has 194 valence electrons. The van der Waals surface area contributed by atoms with Crippen LogP contribution in [0.1, 0.15) is 42.1 Å². The number of alkyl halides is 3. The molecule has 0 aliphatic heterocycles. The van der Waals surface area contributed by atoms with Crippen LogP contribution < -0.4 is 10.1 Å². The van der Waals surface area contributed by atoms with Crippen molar-refractivity contribution in [3.63, 3.8) is 0 Å². The molecular formula is C27H25F4N3O3. The van der Waals surface area contributed by atoms with Crippen molar-refractivity contribution in [2.24, 2.45) is 0 Å². The maximum Gasteiger partial charge on any atom is 0.390 e. The molecule has 37 heavy (non-hydrogen) atoms. The molecule has 1 heterocycles. The number of ether oxygens (including phenoxy) is 1. The first-order valence-corrected chi connectivity index (χ1v) is 11.7. The zero-order valence-corrected chi connectivity index (χ0v) is 20.2. The molecule has 0 bridgehead atoms. The minimum atomic E-state index is -4.34. The number of rotatable bonds is 9. The lowest BCUT2D eigenvalue weighted by atomic mass is 10.0. The second-order valence-electron chi connectivity index (χ2n) is 8.63. The number of benzene rings is 3. The van der Waals surface area contributed by atoms with Crippen LogP contribution in [0.4, 0.5) is 23.2 Å². The van der Waals surface area contributed by atoms with E-state index < -0.39 is 25.0 Å². The van der Waals surface area contributed by atoms with Crippen LogP contribution >= 0.6 is 0 Å². The third-order valence-electron chi connectivity index (χ3n) is 5.76. The van der Waals surface area contributed by atoms with Gasteiger partial charge in [-0.05, 0) is 49.2 Å². The number of imidazole rings is 1. The quantitative estimate of drug-likeness (QED) is 0.180. The molecule has 0 aliphatic carbocycles. The van der Waals surface area contributed by atoms with Gasteiger partial charge in [-0.1, -0.05) is 6.92 Å². The molecule has 0 spiro atoms. The largest absolute Gasteiger partial charge is 0.508 e. The molecule has 4 rings (SSSR count). The molecule has 0 radical (unpaired) electrons. The van der Waals surface area contributed by atoms with E-state index in [1.165, 1.54) is 24.5 Å². The molecule has 0 saturated carbocycles. The Labute approximate surface area is 210 Å². The smallest absolute Gasteiger partial charge is 0.390 e. The van der Waals surface area contributed by atoms with Gasteiger partial charge in [-0.25, -0.2) is 9.37 Å². The summed E-state index contributed by atoms with van der Waals surface area (Å²) >= 11 is 0. The summed E-state index contributed by atoms with van der Waals surface area (Å²) in [6.07, 6.45) is -2.70. The Morgan fingerprint density at radius 2 is 1.92 bits per heavy atom. The second kappa shape index (κ2) is 10.5. The van der Waals surface area contributed by atoms with Gasteiger partial charge < -0.3 is 15.2 Å². The third kappa shape index (κ3) is 6.02. The number of carbonyl (C=O) groups excluding carboxylic acids is 1. The highest BCUT2D eigenvalue weighted by Gasteiger charge is 2.26. The maximum atomic E-state index is 14.3. The number of aryl methyl sites for hydroxylation is 1. The number of Topliss-reactive ketones (excluding diaryl/α,β-unsaturated/α-hetero) is 1. The van der Waals surface area contributed by atoms with Crippen LogP contribution in [0, 0.1) is 12.7 Å². The Kier molecular flexibility index (Phi) is 7.37. The summed E-state index contributed by atoms with van der Waals surface area (Å²) in [5, 5.41) is 12.2. The van der Waals surface area contributed by atoms with E-state index in [1.54, 1.807) is 22.8 Å². The van der Waals surface area contributed by atoms with E-state index in [4.69, 9.17) is 4.74 Å². The zero-order valence-electron chi connectivity index (χ0n) is 20.2. The van der Waals surface area contributed by atoms with Crippen molar-refractivity contribution in [3.8, 4) is 22.9 Å². The van der Waals surface area contributed by atoms with Crippen molar-refractivity contribution in [2.75, 3.05) is 11.9 Å². The number of nitrogens with zero attached hydrogens (tertiary/aromatic N) is 2. The number of anilines is 1. The van der Waals surface area contributed by atoms with Gasteiger partial charge in [0.1, 0.15) is 23.3 Å². The van der Waals surface area contributed by atoms with Crippen LogP contribution in [0.25, 0.3) is 16.7 Å². The molecular weight excluding hydrogens is 490 g/mol. The molecule has 0 fully saturated rings. The molecule has 4 aromatic rings. The standard InChI is InChI=1S/C27H25F4N3O3/c1-3-4-24(36)20-7-5-17(11-16(20)2)34-15-33-26-22(32-10-9-27(29,30)31)13-19(14-23(26)34)37-25-8-6-18(35)12-21(25)28/h5-8,11-15,32,35H,3-4,9-10H2,1-2H3. The van der Waals surface area contributed by atoms with Gasteiger partial charge in [-0.2, -0.15) is 13.2 Å². The molecule has 10 heteroatoms. The lowest BCUT2D eigenvalue weighted by Crippen LogP contribution is -2.14. The van der Waals surface area contributed by atoms with Gasteiger partial charge in [0.25, 0.3) is 0 Å². The Bertz CT molecular complexity index is 1450. The number of halogens is 4. The fourth-order valence-corrected chi connectivity index (χ4v) is 4.00. The molecule has 0 unspecified atom stereocenters. The lowest BCUT2D eigenvalue weighted by molar-refractivity contribution is -0.131. The van der Waals surface area contributed by atoms with Gasteiger partial charge in [0, 0.05) is 42.4 Å². The zero-order chi connectivity index (χ0) is 26.7. The van der Waals surface area contributed by atoms with Crippen molar-refractivity contribution in [1.29, 1.82) is 0 Å². The summed E-state index contributed by atoms with van der Waals surface area (Å²) in [5.74, 6) is -1.05. The van der Waals surface area contributed by atoms with Gasteiger partial charge in [-0.3, -0.25) is 9.36 Å². The Balaban J connectivity index is 1.76. The highest BCUT2D eigenvalue weighted by atomic mass is 19.4. The number of aromatic nitrogens is 2. The van der Waals surface area contributed by atoms with Crippen LogP contribution in [-0.2, 0) is 0 Å². The molecule has 2 N–H and O–H groups in total. The van der Waals surface area contributed by atoms with Crippen molar-refractivity contribution in [3.05, 3.63) is 71.8 Å². The van der Waals surface area contributed by atoms with Gasteiger partial charge in [0.2, 0.25) is 0 Å². The SMILES string of the molecule is CCCC(=O)c1ccc(-n2cnc3c(NCCC(F)(F)F)cc(Oc4ccc(O)cc4F)cc32)cc1C. The highest BCUT2D eigenvalue weighted by molar-refractivity contribution is 5.98. The molecule has 3 aromatic carbocycles. The summed E-state index contributed by atoms with van der Waals surface area (Å²) in [6.45, 7) is 3.37. The number of fused-ring (bicyclic) bond motifs is 1. The summed E-state index contributed by atoms with van der Waals surface area (Å²) < 4.78 is 59.9. The molecule has 0 saturated heterocycles. The average Bonchev–Trinajstić information content (AvgIpc) is 3.24. The number of phenolic OH excluding ortho intramolecular Hbond substituents is 1. The third-order valence-corrected chi connectivity index (χ3v) is 5.76. The number of phenols is 1. The number of hydrogen-bond acceptors (Lipinski definition) is 5. The predicted molar refractivity (Wildman–Crippen MR) is 132 cm³/mol. The fraction of sp³-hybridized carbons (Fsp3) is 0.259. The van der Waals surface area contributed by atoms with E-state index in [-0.39, 0.29) is 28.7 Å². The van der Waals surface area contributed by atoms with Gasteiger partial charge in [0.15, 0.2) is 17.3 Å². The predicted octanol–water partition coefficient (Wildman–Crippen LogP) is 7.32. The minimum Gasteiger partial charge on any atom is -0.508 e. The maximum absolute atomic E-state index is 14.3. The normalized spacial score (nSPS) is 11.6. The van der Waals surface area contributed by atoms with Crippen molar-refractivity contribution < 1.29 is 32.2 Å². The fourth-order valence-electron chi connectivity index (χ4n) is 4.00. The van der Waals surface area contributed by atoms with E-state index in [0.29, 0.717) is 28.7 Å². The number of carbonyl (C=O) groups is 1. The van der Waals surface area contributed by atoms with Gasteiger partial charge >= 0.3 is 6.18 Å². The van der Waals surface area contributed by atoms with E-state index in [2.05, 4.69) is 10.3 Å². The van der Waals surface area contributed by atoms with E-state index >= 15 is 0 Å². The monoisotopic (exact) mass is 515 g/mol. The van der Waals surface area contributed by atoms with E-state index in [9.17, 15) is 27.5 Å². The summed E-state index contributed by atoms with van der Waals surface area (Å²) in [5.41, 5.74) is 3.25. The average molecular weight is 516 g/mol. The molecule has 0 atom stereocenters. The number of aromatic hydroxyl groups is 1. The van der Waals surface area contributed by atoms with Gasteiger partial charge in [-0.15, -0.1) is 0 Å². The van der Waals surface area contributed by atoms with Crippen LogP contribution in [-0.4, -0.2) is 33.2 Å². The first kappa shape index (κ1) is 26.0. The Hall–Kier alpha value is -4.08.